The highest BCUT2D eigenvalue weighted by Gasteiger charge is 2.40. The molecule has 10 aromatic carbocycles. The van der Waals surface area contributed by atoms with E-state index in [9.17, 15) is 0 Å². The maximum Gasteiger partial charge on any atom is 0.136 e. The van der Waals surface area contributed by atoms with E-state index in [-0.39, 0.29) is 10.8 Å². The van der Waals surface area contributed by atoms with Crippen LogP contribution in [0.5, 0.6) is 0 Å². The van der Waals surface area contributed by atoms with Gasteiger partial charge in [0.05, 0.1) is 5.69 Å². The normalized spacial score (nSPS) is 13.8. The molecule has 324 valence electrons. The molecule has 2 aliphatic rings. The first kappa shape index (κ1) is 40.1. The van der Waals surface area contributed by atoms with Gasteiger partial charge in [-0.2, -0.15) is 0 Å². The van der Waals surface area contributed by atoms with Crippen molar-refractivity contribution >= 4 is 39.0 Å². The van der Waals surface area contributed by atoms with Gasteiger partial charge >= 0.3 is 0 Å². The average Bonchev–Trinajstić information content (AvgIpc) is 3.97. The molecule has 2 heteroatoms. The van der Waals surface area contributed by atoms with Crippen LogP contribution in [0.1, 0.15) is 49.9 Å². The Kier molecular flexibility index (Phi) is 8.95. The number of benzene rings is 10. The third-order valence-electron chi connectivity index (χ3n) is 15.0. The molecule has 11 aromatic rings. The van der Waals surface area contributed by atoms with Gasteiger partial charge in [0, 0.05) is 33.0 Å². The Hall–Kier alpha value is -8.20. The molecule has 68 heavy (non-hydrogen) atoms. The van der Waals surface area contributed by atoms with E-state index < -0.39 is 0 Å². The molecule has 0 radical (unpaired) electrons. The summed E-state index contributed by atoms with van der Waals surface area (Å²) < 4.78 is 6.37. The van der Waals surface area contributed by atoms with Crippen molar-refractivity contribution in [2.45, 2.75) is 38.5 Å². The largest absolute Gasteiger partial charge is 0.456 e. The van der Waals surface area contributed by atoms with Gasteiger partial charge in [0.2, 0.25) is 0 Å². The lowest BCUT2D eigenvalue weighted by Crippen LogP contribution is -2.20. The van der Waals surface area contributed by atoms with Gasteiger partial charge in [-0.15, -0.1) is 0 Å². The van der Waals surface area contributed by atoms with Crippen LogP contribution in [0, 0.1) is 0 Å². The standard InChI is InChI=1S/C66H49NO/c1-65(2)58-37-34-45(39-55(58)56-41-47(42-18-7-5-8-19-42)40-54(63(56)65)44-20-9-6-10-21-44)43-32-35-48(36-33-43)67(59-29-16-27-52-51-24-11-13-28-57(51)66(3,4)64(52)59)49-23-15-22-46(38-49)50-26-17-31-61-62(50)53-25-12-14-30-60(53)68-61/h5-41H,1-4H3. The lowest BCUT2D eigenvalue weighted by Gasteiger charge is -2.32. The van der Waals surface area contributed by atoms with Crippen molar-refractivity contribution in [3.8, 4) is 66.8 Å². The summed E-state index contributed by atoms with van der Waals surface area (Å²) in [6.07, 6.45) is 0. The van der Waals surface area contributed by atoms with E-state index >= 15 is 0 Å². The zero-order valence-electron chi connectivity index (χ0n) is 38.7. The molecule has 1 aromatic heterocycles. The quantitative estimate of drug-likeness (QED) is 0.159. The van der Waals surface area contributed by atoms with E-state index in [1.165, 1.54) is 83.6 Å². The van der Waals surface area contributed by atoms with Crippen molar-refractivity contribution in [2.24, 2.45) is 0 Å². The Bertz CT molecular complexity index is 3780. The van der Waals surface area contributed by atoms with Crippen molar-refractivity contribution < 1.29 is 4.42 Å². The van der Waals surface area contributed by atoms with E-state index in [0.29, 0.717) is 0 Å². The highest BCUT2D eigenvalue weighted by atomic mass is 16.3. The van der Waals surface area contributed by atoms with Crippen molar-refractivity contribution in [2.75, 3.05) is 4.90 Å². The molecule has 13 rings (SSSR count). The third kappa shape index (κ3) is 6.10. The van der Waals surface area contributed by atoms with E-state index in [1.54, 1.807) is 0 Å². The highest BCUT2D eigenvalue weighted by molar-refractivity contribution is 6.12. The third-order valence-corrected chi connectivity index (χ3v) is 15.0. The summed E-state index contributed by atoms with van der Waals surface area (Å²) in [7, 11) is 0. The molecule has 0 saturated heterocycles. The second kappa shape index (κ2) is 15.2. The fourth-order valence-electron chi connectivity index (χ4n) is 11.9. The van der Waals surface area contributed by atoms with Gasteiger partial charge < -0.3 is 9.32 Å². The molecular weight excluding hydrogens is 823 g/mol. The Balaban J connectivity index is 0.956. The molecule has 0 bridgehead atoms. The summed E-state index contributed by atoms with van der Waals surface area (Å²) in [4.78, 5) is 2.48. The summed E-state index contributed by atoms with van der Waals surface area (Å²) in [5, 5.41) is 2.27. The number of fused-ring (bicyclic) bond motifs is 9. The second-order valence-electron chi connectivity index (χ2n) is 19.6. The lowest BCUT2D eigenvalue weighted by molar-refractivity contribution is 0.661. The molecule has 0 spiro atoms. The van der Waals surface area contributed by atoms with E-state index in [1.807, 2.05) is 6.07 Å². The zero-order valence-corrected chi connectivity index (χ0v) is 38.7. The van der Waals surface area contributed by atoms with Crippen LogP contribution < -0.4 is 4.90 Å². The first-order chi connectivity index (χ1) is 33.2. The van der Waals surface area contributed by atoms with Gasteiger partial charge in [-0.3, -0.25) is 0 Å². The summed E-state index contributed by atoms with van der Waals surface area (Å²) >= 11 is 0. The molecule has 2 aliphatic carbocycles. The number of furan rings is 1. The lowest BCUT2D eigenvalue weighted by atomic mass is 9.78. The maximum atomic E-state index is 6.37. The van der Waals surface area contributed by atoms with Crippen LogP contribution in [0.15, 0.2) is 229 Å². The average molecular weight is 872 g/mol. The molecule has 0 unspecified atom stereocenters. The van der Waals surface area contributed by atoms with Crippen LogP contribution in [0.2, 0.25) is 0 Å². The summed E-state index contributed by atoms with van der Waals surface area (Å²) in [6, 6.07) is 82.5. The van der Waals surface area contributed by atoms with Gasteiger partial charge in [0.1, 0.15) is 11.2 Å². The number of para-hydroxylation sites is 1. The van der Waals surface area contributed by atoms with Crippen LogP contribution in [0.4, 0.5) is 17.1 Å². The Labute approximate surface area is 398 Å². The number of rotatable bonds is 7. The van der Waals surface area contributed by atoms with E-state index in [4.69, 9.17) is 4.42 Å². The SMILES string of the molecule is CC1(C)c2ccc(-c3ccc(N(c4cccc(-c5cccc6oc7ccccc7c56)c4)c4cccc5c4C(C)(C)c4ccccc4-5)cc3)cc2-c2cc(-c3ccccc3)cc(-c3ccccc3)c21. The van der Waals surface area contributed by atoms with E-state index in [2.05, 4.69) is 251 Å². The van der Waals surface area contributed by atoms with Crippen LogP contribution in [0.3, 0.4) is 0 Å². The minimum absolute atomic E-state index is 0.178. The fourth-order valence-corrected chi connectivity index (χ4v) is 11.9. The summed E-state index contributed by atoms with van der Waals surface area (Å²) in [6.45, 7) is 9.54. The highest BCUT2D eigenvalue weighted by Crippen LogP contribution is 2.56. The predicted octanol–water partition coefficient (Wildman–Crippen LogP) is 18.3. The van der Waals surface area contributed by atoms with Gasteiger partial charge in [-0.25, -0.2) is 0 Å². The van der Waals surface area contributed by atoms with Gasteiger partial charge in [-0.1, -0.05) is 191 Å². The van der Waals surface area contributed by atoms with Crippen molar-refractivity contribution in [1.29, 1.82) is 0 Å². The Morgan fingerprint density at radius 3 is 1.72 bits per heavy atom. The minimum Gasteiger partial charge on any atom is -0.456 e. The Morgan fingerprint density at radius 2 is 0.897 bits per heavy atom. The summed E-state index contributed by atoms with van der Waals surface area (Å²) in [5.74, 6) is 0. The monoisotopic (exact) mass is 871 g/mol. The number of anilines is 3. The van der Waals surface area contributed by atoms with Gasteiger partial charge in [-0.05, 0) is 150 Å². The molecule has 0 atom stereocenters. The number of hydrogen-bond donors (Lipinski definition) is 0. The van der Waals surface area contributed by atoms with E-state index in [0.717, 1.165) is 44.4 Å². The van der Waals surface area contributed by atoms with Crippen molar-refractivity contribution in [1.82, 2.24) is 0 Å². The van der Waals surface area contributed by atoms with Crippen LogP contribution in [-0.2, 0) is 10.8 Å². The van der Waals surface area contributed by atoms with Crippen molar-refractivity contribution in [3.05, 3.63) is 247 Å². The number of hydrogen-bond acceptors (Lipinski definition) is 2. The smallest absolute Gasteiger partial charge is 0.136 e. The molecule has 2 nitrogen and oxygen atoms in total. The Morgan fingerprint density at radius 1 is 0.324 bits per heavy atom. The first-order valence-corrected chi connectivity index (χ1v) is 23.8. The van der Waals surface area contributed by atoms with Crippen LogP contribution in [0.25, 0.3) is 88.7 Å². The van der Waals surface area contributed by atoms with Gasteiger partial charge in [0.15, 0.2) is 0 Å². The first-order valence-electron chi connectivity index (χ1n) is 23.8. The molecule has 1 heterocycles. The molecular formula is C66H49NO. The molecule has 0 N–H and O–H groups in total. The zero-order chi connectivity index (χ0) is 45.7. The topological polar surface area (TPSA) is 16.4 Å². The molecule has 0 saturated carbocycles. The molecule has 0 amide bonds. The van der Waals surface area contributed by atoms with Crippen molar-refractivity contribution in [3.63, 3.8) is 0 Å². The fraction of sp³-hybridized carbons (Fsp3) is 0.0909. The summed E-state index contributed by atoms with van der Waals surface area (Å²) in [5.41, 5.74) is 25.2. The molecule has 0 aliphatic heterocycles. The predicted molar refractivity (Wildman–Crippen MR) is 285 cm³/mol. The minimum atomic E-state index is -0.213. The van der Waals surface area contributed by atoms with Crippen LogP contribution in [-0.4, -0.2) is 0 Å². The number of nitrogens with zero attached hydrogens (tertiary/aromatic N) is 1. The van der Waals surface area contributed by atoms with Gasteiger partial charge in [0.25, 0.3) is 0 Å². The van der Waals surface area contributed by atoms with Crippen LogP contribution >= 0.6 is 0 Å². The maximum absolute atomic E-state index is 6.37. The molecule has 0 fully saturated rings. The second-order valence-corrected chi connectivity index (χ2v) is 19.6.